The third kappa shape index (κ3) is 8.64. The molecule has 3 aromatic carbocycles. The zero-order chi connectivity index (χ0) is 27.1. The molecule has 1 N–H and O–H groups in total. The van der Waals surface area contributed by atoms with Gasteiger partial charge in [0.05, 0.1) is 5.92 Å². The molecule has 1 atom stereocenters. The summed E-state index contributed by atoms with van der Waals surface area (Å²) in [6.45, 7) is 7.00. The van der Waals surface area contributed by atoms with E-state index in [1.807, 2.05) is 37.3 Å². The van der Waals surface area contributed by atoms with Crippen LogP contribution < -0.4 is 9.50 Å². The number of carbonyl (C=O) groups is 2. The minimum atomic E-state index is -4.09. The average molecular weight is 526 g/mol. The zero-order valence-electron chi connectivity index (χ0n) is 21.3. The summed E-state index contributed by atoms with van der Waals surface area (Å²) in [6, 6.07) is 21.6. The number of amides is 1. The molecule has 0 saturated heterocycles. The Bertz CT molecular complexity index is 1310. The number of carbonyl (C=O) groups excluding carboxylic acids is 2. The van der Waals surface area contributed by atoms with Crippen molar-refractivity contribution in [3.63, 3.8) is 0 Å². The van der Waals surface area contributed by atoms with Crippen LogP contribution in [0.3, 0.4) is 0 Å². The Balaban J connectivity index is 1.76. The Hall–Kier alpha value is -3.85. The maximum absolute atomic E-state index is 13.0. The molecule has 1 unspecified atom stereocenters. The van der Waals surface area contributed by atoms with Gasteiger partial charge >= 0.3 is 22.2 Å². The lowest BCUT2D eigenvalue weighted by Crippen LogP contribution is -2.35. The lowest BCUT2D eigenvalue weighted by atomic mass is 9.98. The summed E-state index contributed by atoms with van der Waals surface area (Å²) >= 11 is 0. The molecule has 8 nitrogen and oxygen atoms in total. The Morgan fingerprint density at radius 3 is 2.24 bits per heavy atom. The average Bonchev–Trinajstić information content (AvgIpc) is 2.83. The van der Waals surface area contributed by atoms with Gasteiger partial charge in [-0.3, -0.25) is 4.79 Å². The van der Waals surface area contributed by atoms with Crippen molar-refractivity contribution in [1.29, 1.82) is 0 Å². The highest BCUT2D eigenvalue weighted by molar-refractivity contribution is 7.87. The minimum Gasteiger partial charge on any atom is -0.459 e. The number of hydrogen-bond donors (Lipinski definition) is 1. The van der Waals surface area contributed by atoms with Gasteiger partial charge < -0.3 is 19.0 Å². The number of benzene rings is 3. The molecule has 1 amide bonds. The Morgan fingerprint density at radius 2 is 1.59 bits per heavy atom. The van der Waals surface area contributed by atoms with Crippen LogP contribution in [0.2, 0.25) is 0 Å². The SMILES string of the molecule is Cc1ccc(S(=O)(=O)Oc2cccc(C(CNC(=O)OCc3ccccc3)C(=O)OC(C)(C)C)c2)cc1. The molecule has 0 fully saturated rings. The van der Waals surface area contributed by atoms with Gasteiger partial charge in [0, 0.05) is 6.54 Å². The van der Waals surface area contributed by atoms with Crippen LogP contribution in [0.1, 0.15) is 43.4 Å². The van der Waals surface area contributed by atoms with Crippen molar-refractivity contribution in [3.05, 3.63) is 95.6 Å². The van der Waals surface area contributed by atoms with Gasteiger partial charge in [0.2, 0.25) is 0 Å². The normalized spacial score (nSPS) is 12.3. The number of nitrogens with one attached hydrogen (secondary N) is 1. The number of aryl methyl sites for hydroxylation is 1. The molecule has 37 heavy (non-hydrogen) atoms. The number of ether oxygens (including phenoxy) is 2. The smallest absolute Gasteiger partial charge is 0.407 e. The molecule has 196 valence electrons. The van der Waals surface area contributed by atoms with E-state index in [0.717, 1.165) is 11.1 Å². The van der Waals surface area contributed by atoms with E-state index in [2.05, 4.69) is 5.32 Å². The van der Waals surface area contributed by atoms with Crippen molar-refractivity contribution in [2.45, 2.75) is 50.7 Å². The lowest BCUT2D eigenvalue weighted by molar-refractivity contribution is -0.156. The lowest BCUT2D eigenvalue weighted by Gasteiger charge is -2.24. The fourth-order valence-corrected chi connectivity index (χ4v) is 4.26. The molecule has 9 heteroatoms. The molecule has 0 aromatic heterocycles. The van der Waals surface area contributed by atoms with Crippen molar-refractivity contribution < 1.29 is 31.7 Å². The van der Waals surface area contributed by atoms with Gasteiger partial charge in [-0.25, -0.2) is 4.79 Å². The van der Waals surface area contributed by atoms with Gasteiger partial charge in [-0.05, 0) is 63.1 Å². The predicted octanol–water partition coefficient (Wildman–Crippen LogP) is 5.11. The maximum atomic E-state index is 13.0. The van der Waals surface area contributed by atoms with Crippen LogP contribution in [0.15, 0.2) is 83.8 Å². The van der Waals surface area contributed by atoms with Gasteiger partial charge in [0.15, 0.2) is 0 Å². The van der Waals surface area contributed by atoms with Crippen molar-refractivity contribution in [2.24, 2.45) is 0 Å². The van der Waals surface area contributed by atoms with Crippen LogP contribution in [-0.4, -0.2) is 32.6 Å². The van der Waals surface area contributed by atoms with E-state index in [9.17, 15) is 18.0 Å². The largest absolute Gasteiger partial charge is 0.459 e. The Morgan fingerprint density at radius 1 is 0.919 bits per heavy atom. The van der Waals surface area contributed by atoms with Gasteiger partial charge in [-0.2, -0.15) is 8.42 Å². The van der Waals surface area contributed by atoms with Gasteiger partial charge in [0.25, 0.3) is 0 Å². The van der Waals surface area contributed by atoms with Crippen LogP contribution in [-0.2, 0) is 31.0 Å². The fraction of sp³-hybridized carbons (Fsp3) is 0.286. The van der Waals surface area contributed by atoms with Crippen LogP contribution in [0.4, 0.5) is 4.79 Å². The van der Waals surface area contributed by atoms with Crippen LogP contribution in [0.25, 0.3) is 0 Å². The van der Waals surface area contributed by atoms with Crippen molar-refractivity contribution in [1.82, 2.24) is 5.32 Å². The van der Waals surface area contributed by atoms with E-state index in [4.69, 9.17) is 13.7 Å². The number of esters is 1. The first-order chi connectivity index (χ1) is 17.4. The zero-order valence-corrected chi connectivity index (χ0v) is 22.1. The molecule has 0 bridgehead atoms. The third-order valence-electron chi connectivity index (χ3n) is 5.13. The molecular weight excluding hydrogens is 494 g/mol. The summed E-state index contributed by atoms with van der Waals surface area (Å²) in [6.07, 6.45) is -0.702. The first-order valence-corrected chi connectivity index (χ1v) is 13.1. The molecular formula is C28H31NO7S. The van der Waals surface area contributed by atoms with E-state index >= 15 is 0 Å². The molecule has 0 heterocycles. The molecule has 0 aliphatic carbocycles. The van der Waals surface area contributed by atoms with E-state index in [1.165, 1.54) is 24.3 Å². The van der Waals surface area contributed by atoms with Gasteiger partial charge in [-0.1, -0.05) is 60.2 Å². The second kappa shape index (κ2) is 11.9. The highest BCUT2D eigenvalue weighted by Gasteiger charge is 2.28. The maximum Gasteiger partial charge on any atom is 0.407 e. The molecule has 0 spiro atoms. The van der Waals surface area contributed by atoms with Crippen LogP contribution >= 0.6 is 0 Å². The first kappa shape index (κ1) is 27.7. The van der Waals surface area contributed by atoms with Gasteiger partial charge in [0.1, 0.15) is 22.9 Å². The summed E-state index contributed by atoms with van der Waals surface area (Å²) in [4.78, 5) is 25.3. The molecule has 0 saturated carbocycles. The van der Waals surface area contributed by atoms with Crippen molar-refractivity contribution in [2.75, 3.05) is 6.54 Å². The summed E-state index contributed by atoms with van der Waals surface area (Å²) in [5.41, 5.74) is 1.37. The molecule has 3 aromatic rings. The van der Waals surface area contributed by atoms with E-state index in [1.54, 1.807) is 45.0 Å². The molecule has 0 aliphatic heterocycles. The predicted molar refractivity (Wildman–Crippen MR) is 139 cm³/mol. The van der Waals surface area contributed by atoms with Gasteiger partial charge in [-0.15, -0.1) is 0 Å². The summed E-state index contributed by atoms with van der Waals surface area (Å²) < 4.78 is 41.6. The highest BCUT2D eigenvalue weighted by Crippen LogP contribution is 2.26. The second-order valence-electron chi connectivity index (χ2n) is 9.45. The molecule has 3 rings (SSSR count). The third-order valence-corrected chi connectivity index (χ3v) is 6.39. The van der Waals surface area contributed by atoms with Crippen molar-refractivity contribution in [3.8, 4) is 5.75 Å². The minimum absolute atomic E-state index is 0.00928. The Labute approximate surface area is 217 Å². The standard InChI is InChI=1S/C28H31NO7S/c1-20-13-15-24(16-14-20)37(32,33)36-23-12-8-11-22(17-23)25(26(30)35-28(2,3)4)18-29-27(31)34-19-21-9-6-5-7-10-21/h5-17,25H,18-19H2,1-4H3,(H,29,31). The second-order valence-corrected chi connectivity index (χ2v) is 11.0. The number of alkyl carbamates (subject to hydrolysis) is 1. The van der Waals surface area contributed by atoms with E-state index in [0.29, 0.717) is 5.56 Å². The van der Waals surface area contributed by atoms with Crippen LogP contribution in [0.5, 0.6) is 5.75 Å². The molecule has 0 radical (unpaired) electrons. The summed E-state index contributed by atoms with van der Waals surface area (Å²) in [7, 11) is -4.09. The quantitative estimate of drug-likeness (QED) is 0.305. The summed E-state index contributed by atoms with van der Waals surface area (Å²) in [5, 5.41) is 2.60. The van der Waals surface area contributed by atoms with Crippen LogP contribution in [0, 0.1) is 6.92 Å². The Kier molecular flexibility index (Phi) is 8.94. The first-order valence-electron chi connectivity index (χ1n) is 11.7. The summed E-state index contributed by atoms with van der Waals surface area (Å²) in [5.74, 6) is -1.50. The topological polar surface area (TPSA) is 108 Å². The van der Waals surface area contributed by atoms with Crippen molar-refractivity contribution >= 4 is 22.2 Å². The number of hydrogen-bond acceptors (Lipinski definition) is 7. The highest BCUT2D eigenvalue weighted by atomic mass is 32.2. The van der Waals surface area contributed by atoms with E-state index < -0.39 is 33.7 Å². The monoisotopic (exact) mass is 525 g/mol. The number of rotatable bonds is 9. The van der Waals surface area contributed by atoms with E-state index in [-0.39, 0.29) is 23.8 Å². The molecule has 0 aliphatic rings. The fourth-order valence-electron chi connectivity index (χ4n) is 3.33.